The van der Waals surface area contributed by atoms with E-state index < -0.39 is 17.8 Å². The molecule has 0 unspecified atom stereocenters. The van der Waals surface area contributed by atoms with Gasteiger partial charge in [-0.25, -0.2) is 9.97 Å². The summed E-state index contributed by atoms with van der Waals surface area (Å²) in [5.41, 5.74) is 2.84. The van der Waals surface area contributed by atoms with E-state index in [1.165, 1.54) is 0 Å². The Morgan fingerprint density at radius 2 is 1.48 bits per heavy atom. The number of carboxylic acid groups (broad SMARTS) is 1. The third-order valence-electron chi connectivity index (χ3n) is 6.91. The summed E-state index contributed by atoms with van der Waals surface area (Å²) in [7, 11) is 0. The van der Waals surface area contributed by atoms with Gasteiger partial charge < -0.3 is 14.9 Å². The van der Waals surface area contributed by atoms with Crippen molar-refractivity contribution in [3.05, 3.63) is 54.6 Å². The van der Waals surface area contributed by atoms with Crippen LogP contribution in [0.4, 0.5) is 5.95 Å². The molecule has 1 aliphatic heterocycles. The number of anilines is 1. The van der Waals surface area contributed by atoms with Crippen LogP contribution < -0.4 is 4.90 Å². The number of aliphatic carboxylic acids is 1. The Hall–Kier alpha value is -3.48. The van der Waals surface area contributed by atoms with Gasteiger partial charge >= 0.3 is 5.97 Å². The molecule has 33 heavy (non-hydrogen) atoms. The lowest BCUT2D eigenvalue weighted by molar-refractivity contribution is -0.152. The normalized spacial score (nSPS) is 21.2. The van der Waals surface area contributed by atoms with Crippen molar-refractivity contribution in [2.24, 2.45) is 11.8 Å². The fourth-order valence-electron chi connectivity index (χ4n) is 5.11. The lowest BCUT2D eigenvalue weighted by atomic mass is 9.78. The van der Waals surface area contributed by atoms with Crippen LogP contribution in [-0.2, 0) is 9.59 Å². The third-order valence-corrected chi connectivity index (χ3v) is 6.91. The van der Waals surface area contributed by atoms with E-state index in [2.05, 4.69) is 17.0 Å². The maximum absolute atomic E-state index is 13.1. The van der Waals surface area contributed by atoms with Crippen molar-refractivity contribution < 1.29 is 14.7 Å². The van der Waals surface area contributed by atoms with E-state index in [0.717, 1.165) is 35.0 Å². The van der Waals surface area contributed by atoms with Crippen LogP contribution in [0.3, 0.4) is 0 Å². The van der Waals surface area contributed by atoms with Gasteiger partial charge in [0.15, 0.2) is 0 Å². The molecule has 2 heterocycles. The first-order chi connectivity index (χ1) is 16.1. The van der Waals surface area contributed by atoms with E-state index in [4.69, 9.17) is 9.97 Å². The number of nitrogens with zero attached hydrogens (tertiary/aromatic N) is 4. The molecule has 1 aliphatic carbocycles. The summed E-state index contributed by atoms with van der Waals surface area (Å²) >= 11 is 0. The minimum atomic E-state index is -0.843. The Labute approximate surface area is 193 Å². The van der Waals surface area contributed by atoms with Crippen LogP contribution in [0, 0.1) is 11.8 Å². The number of benzene rings is 2. The third kappa shape index (κ3) is 4.27. The molecule has 2 aliphatic rings. The number of hydrogen-bond donors (Lipinski definition) is 1. The molecule has 7 heteroatoms. The summed E-state index contributed by atoms with van der Waals surface area (Å²) in [6.45, 7) is 2.36. The monoisotopic (exact) mass is 444 g/mol. The molecule has 3 aromatic rings. The highest BCUT2D eigenvalue weighted by Gasteiger charge is 2.38. The predicted octanol–water partition coefficient (Wildman–Crippen LogP) is 3.84. The summed E-state index contributed by atoms with van der Waals surface area (Å²) in [5, 5.41) is 10.6. The summed E-state index contributed by atoms with van der Waals surface area (Å²) in [6.07, 6.45) is 3.08. The average Bonchev–Trinajstić information content (AvgIpc) is 2.88. The highest BCUT2D eigenvalue weighted by molar-refractivity contribution is 5.93. The van der Waals surface area contributed by atoms with Gasteiger partial charge in [-0.1, -0.05) is 61.4 Å². The van der Waals surface area contributed by atoms with Gasteiger partial charge in [0, 0.05) is 37.1 Å². The fourth-order valence-corrected chi connectivity index (χ4v) is 5.11. The summed E-state index contributed by atoms with van der Waals surface area (Å²) in [5.74, 6) is -1.14. The largest absolute Gasteiger partial charge is 0.481 e. The lowest BCUT2D eigenvalue weighted by Gasteiger charge is -2.38. The van der Waals surface area contributed by atoms with Crippen LogP contribution in [0.1, 0.15) is 25.7 Å². The molecular weight excluding hydrogens is 416 g/mol. The number of amides is 1. The molecule has 1 N–H and O–H groups in total. The molecule has 1 aromatic heterocycles. The standard InChI is InChI=1S/C26H28N4O3/c31-24(19-10-4-5-11-20(19)25(32)33)29-14-16-30(17-15-29)26-27-22-13-7-6-12-21(22)23(28-26)18-8-2-1-3-9-18/h1-3,6-9,12-13,19-20H,4-5,10-11,14-17H2,(H,32,33)/t19-,20-/m0/s1. The van der Waals surface area contributed by atoms with E-state index in [1.54, 1.807) is 0 Å². The van der Waals surface area contributed by atoms with E-state index in [-0.39, 0.29) is 5.91 Å². The van der Waals surface area contributed by atoms with Crippen molar-refractivity contribution in [1.82, 2.24) is 14.9 Å². The molecule has 1 saturated heterocycles. The number of piperazine rings is 1. The van der Waals surface area contributed by atoms with Gasteiger partial charge in [-0.05, 0) is 18.9 Å². The number of rotatable bonds is 4. The van der Waals surface area contributed by atoms with Gasteiger partial charge in [0.1, 0.15) is 0 Å². The molecule has 170 valence electrons. The molecule has 2 aromatic carbocycles. The van der Waals surface area contributed by atoms with Crippen LogP contribution in [0.15, 0.2) is 54.6 Å². The highest BCUT2D eigenvalue weighted by Crippen LogP contribution is 2.33. The summed E-state index contributed by atoms with van der Waals surface area (Å²) < 4.78 is 0. The second kappa shape index (κ2) is 9.17. The number of carboxylic acids is 1. The minimum Gasteiger partial charge on any atom is -0.481 e. The van der Waals surface area contributed by atoms with E-state index >= 15 is 0 Å². The average molecular weight is 445 g/mol. The van der Waals surface area contributed by atoms with Gasteiger partial charge in [-0.15, -0.1) is 0 Å². The molecule has 0 spiro atoms. The first-order valence-corrected chi connectivity index (χ1v) is 11.7. The Morgan fingerprint density at radius 1 is 0.818 bits per heavy atom. The summed E-state index contributed by atoms with van der Waals surface area (Å²) in [4.78, 5) is 38.5. The quantitative estimate of drug-likeness (QED) is 0.658. The molecule has 5 rings (SSSR count). The summed E-state index contributed by atoms with van der Waals surface area (Å²) in [6, 6.07) is 18.1. The highest BCUT2D eigenvalue weighted by atomic mass is 16.4. The van der Waals surface area contributed by atoms with Crippen LogP contribution in [0.2, 0.25) is 0 Å². The molecule has 0 radical (unpaired) electrons. The van der Waals surface area contributed by atoms with Gasteiger partial charge in [0.05, 0.1) is 23.0 Å². The predicted molar refractivity (Wildman–Crippen MR) is 127 cm³/mol. The van der Waals surface area contributed by atoms with Crippen LogP contribution in [-0.4, -0.2) is 58.0 Å². The van der Waals surface area contributed by atoms with Crippen LogP contribution >= 0.6 is 0 Å². The molecular formula is C26H28N4O3. The van der Waals surface area contributed by atoms with Crippen LogP contribution in [0.5, 0.6) is 0 Å². The molecule has 7 nitrogen and oxygen atoms in total. The number of carbonyl (C=O) groups is 2. The molecule has 2 fully saturated rings. The van der Waals surface area contributed by atoms with Crippen molar-refractivity contribution in [1.29, 1.82) is 0 Å². The van der Waals surface area contributed by atoms with E-state index in [9.17, 15) is 14.7 Å². The maximum atomic E-state index is 13.1. The lowest BCUT2D eigenvalue weighted by Crippen LogP contribution is -2.52. The fraction of sp³-hybridized carbons (Fsp3) is 0.385. The van der Waals surface area contributed by atoms with Crippen molar-refractivity contribution in [2.75, 3.05) is 31.1 Å². The Bertz CT molecular complexity index is 1160. The van der Waals surface area contributed by atoms with Crippen molar-refractivity contribution in [2.45, 2.75) is 25.7 Å². The van der Waals surface area contributed by atoms with Crippen molar-refractivity contribution in [3.8, 4) is 11.3 Å². The number of para-hydroxylation sites is 1. The second-order valence-electron chi connectivity index (χ2n) is 8.90. The van der Waals surface area contributed by atoms with Crippen molar-refractivity contribution >= 4 is 28.7 Å². The Balaban J connectivity index is 1.36. The van der Waals surface area contributed by atoms with Gasteiger partial charge in [-0.3, -0.25) is 9.59 Å². The molecule has 0 bridgehead atoms. The first kappa shape index (κ1) is 21.4. The Morgan fingerprint density at radius 3 is 2.21 bits per heavy atom. The van der Waals surface area contributed by atoms with Crippen molar-refractivity contribution in [3.63, 3.8) is 0 Å². The number of carbonyl (C=O) groups excluding carboxylic acids is 1. The zero-order chi connectivity index (χ0) is 22.8. The molecule has 1 saturated carbocycles. The smallest absolute Gasteiger partial charge is 0.307 e. The number of aromatic nitrogens is 2. The molecule has 1 amide bonds. The van der Waals surface area contributed by atoms with E-state index in [0.29, 0.717) is 45.0 Å². The number of hydrogen-bond acceptors (Lipinski definition) is 5. The first-order valence-electron chi connectivity index (χ1n) is 11.7. The van der Waals surface area contributed by atoms with Crippen LogP contribution in [0.25, 0.3) is 22.2 Å². The zero-order valence-corrected chi connectivity index (χ0v) is 18.6. The van der Waals surface area contributed by atoms with Gasteiger partial charge in [-0.2, -0.15) is 0 Å². The van der Waals surface area contributed by atoms with Gasteiger partial charge in [0.2, 0.25) is 11.9 Å². The zero-order valence-electron chi connectivity index (χ0n) is 18.6. The van der Waals surface area contributed by atoms with E-state index in [1.807, 2.05) is 47.4 Å². The topological polar surface area (TPSA) is 86.6 Å². The van der Waals surface area contributed by atoms with Gasteiger partial charge in [0.25, 0.3) is 0 Å². The second-order valence-corrected chi connectivity index (χ2v) is 8.90. The SMILES string of the molecule is O=C(O)[C@H]1CCCC[C@@H]1C(=O)N1CCN(c2nc(-c3ccccc3)c3ccccc3n2)CC1. The maximum Gasteiger partial charge on any atom is 0.307 e. The number of fused-ring (bicyclic) bond motifs is 1. The molecule has 2 atom stereocenters. The Kier molecular flexibility index (Phi) is 5.94. The minimum absolute atomic E-state index is 0.00819.